The van der Waals surface area contributed by atoms with Gasteiger partial charge < -0.3 is 9.84 Å². The number of methoxy groups -OCH3 is 1. The number of nitrogens with zero attached hydrogens (tertiary/aromatic N) is 1. The lowest BCUT2D eigenvalue weighted by Gasteiger charge is -2.55. The molecule has 49 heavy (non-hydrogen) atoms. The van der Waals surface area contributed by atoms with E-state index in [0.717, 1.165) is 9.14 Å². The molecule has 7 nitrogen and oxygen atoms in total. The van der Waals surface area contributed by atoms with E-state index in [0.29, 0.717) is 34.4 Å². The van der Waals surface area contributed by atoms with E-state index in [2.05, 4.69) is 22.6 Å². The second-order valence-corrected chi connectivity index (χ2v) is 14.4. The number of amides is 2. The Labute approximate surface area is 297 Å². The number of halogens is 1. The molecule has 8 heteroatoms. The SMILES string of the molecule is COc1cccc(C2C3=CCC4C(=O)N(c5ccc(I)cc5)C(=O)C4C3CC3C(=O)C(c4ccccc4)=CC(=O)C32c2ccccc2)c1O. The first-order valence-electron chi connectivity index (χ1n) is 16.4. The van der Waals surface area contributed by atoms with E-state index in [1.165, 1.54) is 18.1 Å². The van der Waals surface area contributed by atoms with Crippen LogP contribution in [0.4, 0.5) is 5.69 Å². The number of phenolic OH excluding ortho intramolecular Hbond substituents is 1. The maximum Gasteiger partial charge on any atom is 0.238 e. The Hall–Kier alpha value is -4.83. The number of imide groups is 1. The average Bonchev–Trinajstić information content (AvgIpc) is 3.39. The molecule has 6 unspecified atom stereocenters. The van der Waals surface area contributed by atoms with Crippen LogP contribution in [0.25, 0.3) is 5.57 Å². The molecule has 3 aliphatic carbocycles. The van der Waals surface area contributed by atoms with Crippen LogP contribution < -0.4 is 9.64 Å². The summed E-state index contributed by atoms with van der Waals surface area (Å²) in [5, 5.41) is 11.8. The van der Waals surface area contributed by atoms with Gasteiger partial charge >= 0.3 is 0 Å². The van der Waals surface area contributed by atoms with E-state index < -0.39 is 35.0 Å². The van der Waals surface area contributed by atoms with Gasteiger partial charge in [-0.2, -0.15) is 0 Å². The van der Waals surface area contributed by atoms with Gasteiger partial charge in [0.05, 0.1) is 30.0 Å². The third-order valence-electron chi connectivity index (χ3n) is 11.0. The molecule has 6 atom stereocenters. The fourth-order valence-corrected chi connectivity index (χ4v) is 9.36. The van der Waals surface area contributed by atoms with Crippen molar-refractivity contribution in [3.63, 3.8) is 0 Å². The molecule has 0 bridgehead atoms. The topological polar surface area (TPSA) is 101 Å². The number of rotatable bonds is 5. The van der Waals surface area contributed by atoms with Crippen molar-refractivity contribution in [3.05, 3.63) is 141 Å². The van der Waals surface area contributed by atoms with E-state index in [1.54, 1.807) is 30.3 Å². The largest absolute Gasteiger partial charge is 0.504 e. The Kier molecular flexibility index (Phi) is 7.66. The van der Waals surface area contributed by atoms with Crippen LogP contribution in [0.15, 0.2) is 121 Å². The first-order chi connectivity index (χ1) is 23.8. The molecule has 4 aromatic carbocycles. The van der Waals surface area contributed by atoms with E-state index >= 15 is 9.59 Å². The number of para-hydroxylation sites is 1. The first kappa shape index (κ1) is 31.4. The Bertz CT molecular complexity index is 2090. The number of benzene rings is 4. The number of aromatic hydroxyl groups is 1. The number of allylic oxidation sites excluding steroid dienone is 4. The smallest absolute Gasteiger partial charge is 0.238 e. The first-order valence-corrected chi connectivity index (χ1v) is 17.5. The Morgan fingerprint density at radius 3 is 2.20 bits per heavy atom. The third-order valence-corrected chi connectivity index (χ3v) is 11.7. The summed E-state index contributed by atoms with van der Waals surface area (Å²) in [6.07, 6.45) is 3.96. The summed E-state index contributed by atoms with van der Waals surface area (Å²) >= 11 is 2.19. The molecule has 1 saturated heterocycles. The van der Waals surface area contributed by atoms with Crippen molar-refractivity contribution in [2.24, 2.45) is 23.7 Å². The van der Waals surface area contributed by atoms with Gasteiger partial charge in [0.1, 0.15) is 0 Å². The number of ether oxygens (including phenoxy) is 1. The maximum atomic E-state index is 15.1. The van der Waals surface area contributed by atoms with Crippen molar-refractivity contribution in [1.82, 2.24) is 0 Å². The maximum absolute atomic E-state index is 15.1. The highest BCUT2D eigenvalue weighted by atomic mass is 127. The molecule has 1 N–H and O–H groups in total. The zero-order chi connectivity index (χ0) is 34.0. The van der Waals surface area contributed by atoms with Crippen LogP contribution in [0.1, 0.15) is 35.4 Å². The zero-order valence-electron chi connectivity index (χ0n) is 26.6. The third kappa shape index (κ3) is 4.60. The summed E-state index contributed by atoms with van der Waals surface area (Å²) in [6.45, 7) is 0. The fraction of sp³-hybridized carbons (Fsp3) is 0.220. The van der Waals surface area contributed by atoms with Gasteiger partial charge in [-0.05, 0) is 88.9 Å². The molecule has 8 rings (SSSR count). The predicted molar refractivity (Wildman–Crippen MR) is 193 cm³/mol. The number of hydrogen-bond donors (Lipinski definition) is 1. The average molecular weight is 762 g/mol. The lowest BCUT2D eigenvalue weighted by atomic mass is 9.44. The normalized spacial score (nSPS) is 27.6. The van der Waals surface area contributed by atoms with Gasteiger partial charge in [0.2, 0.25) is 11.8 Å². The molecule has 2 fully saturated rings. The highest BCUT2D eigenvalue weighted by molar-refractivity contribution is 14.1. The lowest BCUT2D eigenvalue weighted by molar-refractivity contribution is -0.135. The molecule has 2 amide bonds. The highest BCUT2D eigenvalue weighted by Gasteiger charge is 2.66. The minimum absolute atomic E-state index is 0.125. The van der Waals surface area contributed by atoms with E-state index in [-0.39, 0.29) is 41.3 Å². The van der Waals surface area contributed by atoms with Crippen LogP contribution in [0.3, 0.4) is 0 Å². The van der Waals surface area contributed by atoms with Gasteiger partial charge in [-0.15, -0.1) is 0 Å². The van der Waals surface area contributed by atoms with E-state index in [1.807, 2.05) is 78.9 Å². The molecule has 0 radical (unpaired) electrons. The van der Waals surface area contributed by atoms with E-state index in [9.17, 15) is 14.7 Å². The van der Waals surface area contributed by atoms with Crippen LogP contribution in [-0.4, -0.2) is 35.6 Å². The number of anilines is 1. The monoisotopic (exact) mass is 761 g/mol. The van der Waals surface area contributed by atoms with Crippen LogP contribution >= 0.6 is 22.6 Å². The van der Waals surface area contributed by atoms with Crippen molar-refractivity contribution in [2.75, 3.05) is 12.0 Å². The van der Waals surface area contributed by atoms with Gasteiger partial charge in [-0.25, -0.2) is 0 Å². The molecule has 1 heterocycles. The van der Waals surface area contributed by atoms with Gasteiger partial charge in [0.15, 0.2) is 23.1 Å². The summed E-state index contributed by atoms with van der Waals surface area (Å²) in [5.41, 5.74) is 1.93. The minimum atomic E-state index is -1.43. The van der Waals surface area contributed by atoms with Crippen molar-refractivity contribution < 1.29 is 29.0 Å². The Balaban J connectivity index is 1.37. The second kappa shape index (κ2) is 11.9. The van der Waals surface area contributed by atoms with E-state index in [4.69, 9.17) is 4.74 Å². The molecule has 0 spiro atoms. The van der Waals surface area contributed by atoms with Crippen molar-refractivity contribution >= 4 is 57.2 Å². The van der Waals surface area contributed by atoms with Gasteiger partial charge in [-0.1, -0.05) is 84.4 Å². The quantitative estimate of drug-likeness (QED) is 0.133. The zero-order valence-corrected chi connectivity index (χ0v) is 28.7. The number of phenols is 1. The van der Waals surface area contributed by atoms with Crippen molar-refractivity contribution in [3.8, 4) is 11.5 Å². The molecule has 4 aromatic rings. The fourth-order valence-electron chi connectivity index (χ4n) is 9.00. The molecule has 244 valence electrons. The standard InChI is InChI=1S/C41H32INO6/c1-49-33-14-8-13-29(38(33)46)36-27-19-20-28-35(40(48)43(39(28)47)26-17-15-25(42)16-18-26)31(27)21-32-37(45)30(23-9-4-2-5-10-23)22-34(44)41(32,36)24-11-6-3-7-12-24/h2-19,22,28,31-32,35-36,46H,20-21H2,1H3. The highest BCUT2D eigenvalue weighted by Crippen LogP contribution is 2.65. The number of carbonyl (C=O) groups is 4. The van der Waals surface area contributed by atoms with Crippen LogP contribution in [0.5, 0.6) is 11.5 Å². The van der Waals surface area contributed by atoms with Crippen LogP contribution in [0.2, 0.25) is 0 Å². The van der Waals surface area contributed by atoms with Crippen LogP contribution in [-0.2, 0) is 24.6 Å². The van der Waals surface area contributed by atoms with Gasteiger partial charge in [0.25, 0.3) is 0 Å². The number of ketones is 2. The molecular formula is C41H32INO6. The molecule has 1 aliphatic heterocycles. The van der Waals surface area contributed by atoms with Crippen molar-refractivity contribution in [2.45, 2.75) is 24.2 Å². The Morgan fingerprint density at radius 2 is 1.51 bits per heavy atom. The predicted octanol–water partition coefficient (Wildman–Crippen LogP) is 7.03. The lowest BCUT2D eigenvalue weighted by Crippen LogP contribution is -2.58. The summed E-state index contributed by atoms with van der Waals surface area (Å²) < 4.78 is 6.52. The second-order valence-electron chi connectivity index (χ2n) is 13.2. The molecule has 1 saturated carbocycles. The summed E-state index contributed by atoms with van der Waals surface area (Å²) in [7, 11) is 1.47. The molecular weight excluding hydrogens is 729 g/mol. The van der Waals surface area contributed by atoms with Gasteiger partial charge in [-0.3, -0.25) is 24.1 Å². The minimum Gasteiger partial charge on any atom is -0.504 e. The molecule has 4 aliphatic rings. The number of carbonyl (C=O) groups excluding carboxylic acids is 4. The molecule has 0 aromatic heterocycles. The summed E-state index contributed by atoms with van der Waals surface area (Å²) in [6, 6.07) is 31.0. The summed E-state index contributed by atoms with van der Waals surface area (Å²) in [4.78, 5) is 59.9. The van der Waals surface area contributed by atoms with Crippen molar-refractivity contribution in [1.29, 1.82) is 0 Å². The number of fused-ring (bicyclic) bond motifs is 4. The Morgan fingerprint density at radius 1 is 0.816 bits per heavy atom. The number of hydrogen-bond acceptors (Lipinski definition) is 6. The van der Waals surface area contributed by atoms with Gasteiger partial charge in [0, 0.05) is 26.5 Å². The number of Topliss-reactive ketones (excluding diaryl/α,β-unsaturated/α-hetero) is 1. The van der Waals surface area contributed by atoms with Crippen LogP contribution in [0, 0.1) is 27.2 Å². The summed E-state index contributed by atoms with van der Waals surface area (Å²) in [5.74, 6) is -4.49.